The van der Waals surface area contributed by atoms with Gasteiger partial charge in [-0.2, -0.15) is 0 Å². The normalized spacial score (nSPS) is 11.5. The van der Waals surface area contributed by atoms with Crippen LogP contribution in [0.5, 0.6) is 0 Å². The van der Waals surface area contributed by atoms with E-state index in [2.05, 4.69) is 21.2 Å². The first kappa shape index (κ1) is 13.9. The minimum Gasteiger partial charge on any atom is -0.478 e. The van der Waals surface area contributed by atoms with Crippen LogP contribution in [0.1, 0.15) is 18.9 Å². The summed E-state index contributed by atoms with van der Waals surface area (Å²) in [4.78, 5) is 10.7. The molecule has 92 valence electrons. The number of hydrogen-bond acceptors (Lipinski definition) is 2. The van der Waals surface area contributed by atoms with E-state index in [9.17, 15) is 4.79 Å². The molecule has 2 N–H and O–H groups in total. The molecule has 4 heteroatoms. The molecule has 17 heavy (non-hydrogen) atoms. The number of aliphatic carboxylic acids is 1. The Labute approximate surface area is 110 Å². The quantitative estimate of drug-likeness (QED) is 0.627. The lowest BCUT2D eigenvalue weighted by Crippen LogP contribution is -2.14. The van der Waals surface area contributed by atoms with Gasteiger partial charge in [0.2, 0.25) is 0 Å². The van der Waals surface area contributed by atoms with Crippen molar-refractivity contribution in [1.82, 2.24) is 5.32 Å². The van der Waals surface area contributed by atoms with Gasteiger partial charge < -0.3 is 10.4 Å². The van der Waals surface area contributed by atoms with Crippen molar-refractivity contribution in [3.05, 3.63) is 46.0 Å². The van der Waals surface area contributed by atoms with E-state index < -0.39 is 5.97 Å². The van der Waals surface area contributed by atoms with Crippen LogP contribution < -0.4 is 5.32 Å². The van der Waals surface area contributed by atoms with Crippen LogP contribution in [-0.2, 0) is 11.3 Å². The van der Waals surface area contributed by atoms with Gasteiger partial charge in [-0.05, 0) is 18.1 Å². The fourth-order valence-electron chi connectivity index (χ4n) is 1.43. The number of hydrogen-bond donors (Lipinski definition) is 2. The van der Waals surface area contributed by atoms with Crippen molar-refractivity contribution < 1.29 is 9.90 Å². The van der Waals surface area contributed by atoms with Gasteiger partial charge in [0.05, 0.1) is 0 Å². The first-order valence-corrected chi connectivity index (χ1v) is 6.31. The van der Waals surface area contributed by atoms with Gasteiger partial charge in [0.25, 0.3) is 0 Å². The largest absolute Gasteiger partial charge is 0.478 e. The van der Waals surface area contributed by atoms with E-state index in [1.165, 1.54) is 0 Å². The molecule has 0 amide bonds. The predicted molar refractivity (Wildman–Crippen MR) is 71.9 cm³/mol. The summed E-state index contributed by atoms with van der Waals surface area (Å²) in [5.74, 6) is -0.838. The molecule has 0 spiro atoms. The molecule has 3 nitrogen and oxygen atoms in total. The molecule has 1 aromatic rings. The molecule has 0 fully saturated rings. The number of benzene rings is 1. The maximum absolute atomic E-state index is 10.7. The maximum atomic E-state index is 10.7. The Balaban J connectivity index is 2.43. The zero-order valence-corrected chi connectivity index (χ0v) is 11.3. The van der Waals surface area contributed by atoms with Crippen LogP contribution in [0, 0.1) is 0 Å². The number of nitrogens with one attached hydrogen (secondary N) is 1. The summed E-state index contributed by atoms with van der Waals surface area (Å²) in [5, 5.41) is 12.0. The number of carboxylic acid groups (broad SMARTS) is 1. The Kier molecular flexibility index (Phi) is 5.94. The molecule has 0 bridgehead atoms. The summed E-state index contributed by atoms with van der Waals surface area (Å²) >= 11 is 3.46. The van der Waals surface area contributed by atoms with E-state index in [0.717, 1.165) is 10.0 Å². The molecular formula is C13H16BrNO2. The summed E-state index contributed by atoms with van der Waals surface area (Å²) in [6.45, 7) is 3.12. The smallest absolute Gasteiger partial charge is 0.331 e. The van der Waals surface area contributed by atoms with Crippen molar-refractivity contribution in [3.63, 3.8) is 0 Å². The third-order valence-electron chi connectivity index (χ3n) is 2.42. The Morgan fingerprint density at radius 2 is 2.18 bits per heavy atom. The molecule has 0 aliphatic heterocycles. The fourth-order valence-corrected chi connectivity index (χ4v) is 1.85. The van der Waals surface area contributed by atoms with Gasteiger partial charge in [-0.15, -0.1) is 0 Å². The third-order valence-corrected chi connectivity index (χ3v) is 3.20. The van der Waals surface area contributed by atoms with Gasteiger partial charge in [0, 0.05) is 23.1 Å². The lowest BCUT2D eigenvalue weighted by Gasteiger charge is -2.05. The molecular weight excluding hydrogens is 282 g/mol. The molecule has 0 heterocycles. The summed E-state index contributed by atoms with van der Waals surface area (Å²) < 4.78 is 1.06. The molecule has 0 aliphatic carbocycles. The number of carboxylic acids is 1. The monoisotopic (exact) mass is 297 g/mol. The molecule has 0 saturated carbocycles. The summed E-state index contributed by atoms with van der Waals surface area (Å²) in [5.41, 5.74) is 1.61. The van der Waals surface area contributed by atoms with Crippen LogP contribution in [0.25, 0.3) is 0 Å². The average Bonchev–Trinajstić information content (AvgIpc) is 2.31. The lowest BCUT2D eigenvalue weighted by molar-refractivity contribution is -0.132. The van der Waals surface area contributed by atoms with Crippen LogP contribution in [0.2, 0.25) is 0 Å². The maximum Gasteiger partial charge on any atom is 0.331 e. The highest BCUT2D eigenvalue weighted by atomic mass is 79.9. The van der Waals surface area contributed by atoms with Crippen molar-refractivity contribution in [2.75, 3.05) is 6.54 Å². The highest BCUT2D eigenvalue weighted by Crippen LogP contribution is 2.15. The minimum atomic E-state index is -0.838. The topological polar surface area (TPSA) is 49.3 Å². The molecule has 1 aromatic carbocycles. The Morgan fingerprint density at radius 1 is 1.47 bits per heavy atom. The van der Waals surface area contributed by atoms with Crippen molar-refractivity contribution in [3.8, 4) is 0 Å². The van der Waals surface area contributed by atoms with Crippen molar-refractivity contribution in [2.45, 2.75) is 19.9 Å². The van der Waals surface area contributed by atoms with E-state index in [4.69, 9.17) is 5.11 Å². The van der Waals surface area contributed by atoms with Gasteiger partial charge >= 0.3 is 5.97 Å². The highest BCUT2D eigenvalue weighted by Gasteiger charge is 2.02. The first-order chi connectivity index (χ1) is 8.15. The Bertz CT molecular complexity index is 416. The molecule has 0 radical (unpaired) electrons. The third kappa shape index (κ3) is 4.71. The fraction of sp³-hybridized carbons (Fsp3) is 0.308. The van der Waals surface area contributed by atoms with Crippen LogP contribution in [0.4, 0.5) is 0 Å². The molecule has 0 unspecified atom stereocenters. The Hall–Kier alpha value is -1.13. The van der Waals surface area contributed by atoms with Gasteiger partial charge in [-0.3, -0.25) is 0 Å². The number of halogens is 1. The summed E-state index contributed by atoms with van der Waals surface area (Å²) in [7, 11) is 0. The van der Waals surface area contributed by atoms with E-state index in [1.807, 2.05) is 31.2 Å². The second kappa shape index (κ2) is 7.25. The van der Waals surface area contributed by atoms with Crippen LogP contribution in [0.15, 0.2) is 40.4 Å². The number of carbonyl (C=O) groups is 1. The standard InChI is InChI=1S/C13H16BrNO2/c1-2-10(13(16)17)7-8-15-9-11-5-3-4-6-12(11)14/h3-7,15H,2,8-9H2,1H3,(H,16,17)/b10-7-. The van der Waals surface area contributed by atoms with Gasteiger partial charge in [-0.1, -0.05) is 47.1 Å². The van der Waals surface area contributed by atoms with E-state index in [-0.39, 0.29) is 0 Å². The molecule has 1 rings (SSSR count). The van der Waals surface area contributed by atoms with E-state index >= 15 is 0 Å². The van der Waals surface area contributed by atoms with E-state index in [1.54, 1.807) is 6.08 Å². The molecule has 0 atom stereocenters. The molecule has 0 saturated heterocycles. The van der Waals surface area contributed by atoms with E-state index in [0.29, 0.717) is 25.1 Å². The number of rotatable bonds is 6. The van der Waals surface area contributed by atoms with Gasteiger partial charge in [0.1, 0.15) is 0 Å². The molecule has 0 aliphatic rings. The molecule has 0 aromatic heterocycles. The van der Waals surface area contributed by atoms with Crippen molar-refractivity contribution in [2.24, 2.45) is 0 Å². The lowest BCUT2D eigenvalue weighted by atomic mass is 10.2. The summed E-state index contributed by atoms with van der Waals surface area (Å²) in [6.07, 6.45) is 2.27. The van der Waals surface area contributed by atoms with Crippen LogP contribution in [-0.4, -0.2) is 17.6 Å². The second-order valence-electron chi connectivity index (χ2n) is 3.61. The summed E-state index contributed by atoms with van der Waals surface area (Å²) in [6, 6.07) is 7.96. The second-order valence-corrected chi connectivity index (χ2v) is 4.46. The Morgan fingerprint density at radius 3 is 2.76 bits per heavy atom. The zero-order chi connectivity index (χ0) is 12.7. The van der Waals surface area contributed by atoms with Crippen LogP contribution in [0.3, 0.4) is 0 Å². The highest BCUT2D eigenvalue weighted by molar-refractivity contribution is 9.10. The van der Waals surface area contributed by atoms with Gasteiger partial charge in [0.15, 0.2) is 0 Å². The SMILES string of the molecule is CC/C(=C/CNCc1ccccc1Br)C(=O)O. The first-order valence-electron chi connectivity index (χ1n) is 5.51. The van der Waals surface area contributed by atoms with Crippen molar-refractivity contribution in [1.29, 1.82) is 0 Å². The van der Waals surface area contributed by atoms with Gasteiger partial charge in [-0.25, -0.2) is 4.79 Å². The van der Waals surface area contributed by atoms with Crippen molar-refractivity contribution >= 4 is 21.9 Å². The zero-order valence-electron chi connectivity index (χ0n) is 9.74. The minimum absolute atomic E-state index is 0.449. The average molecular weight is 298 g/mol. The predicted octanol–water partition coefficient (Wildman–Crippen LogP) is 2.96. The van der Waals surface area contributed by atoms with Crippen LogP contribution >= 0.6 is 15.9 Å².